The molecule has 132 valence electrons. The number of carbonyl (C=O) groups is 1. The summed E-state index contributed by atoms with van der Waals surface area (Å²) in [5, 5.41) is 6.88. The Bertz CT molecular complexity index is 972. The second-order valence-corrected chi connectivity index (χ2v) is 6.95. The molecule has 0 atom stereocenters. The van der Waals surface area contributed by atoms with Crippen molar-refractivity contribution < 1.29 is 4.79 Å². The number of fused-ring (bicyclic) bond motifs is 1. The Morgan fingerprint density at radius 1 is 1.12 bits per heavy atom. The Morgan fingerprint density at radius 2 is 1.96 bits per heavy atom. The van der Waals surface area contributed by atoms with Gasteiger partial charge >= 0.3 is 6.03 Å². The van der Waals surface area contributed by atoms with E-state index in [-0.39, 0.29) is 6.03 Å². The fourth-order valence-electron chi connectivity index (χ4n) is 3.71. The minimum Gasteiger partial charge on any atom is -0.352 e. The second kappa shape index (κ2) is 5.72. The average Bonchev–Trinajstić information content (AvgIpc) is 3.22. The van der Waals surface area contributed by atoms with Crippen molar-refractivity contribution in [2.45, 2.75) is 6.04 Å². The lowest BCUT2D eigenvalue weighted by Gasteiger charge is -2.40. The maximum atomic E-state index is 12.1. The molecule has 0 bridgehead atoms. The molecule has 2 amide bonds. The number of pyridine rings is 1. The topological polar surface area (TPSA) is 57.5 Å². The Balaban J connectivity index is 1.32. The number of rotatable bonds is 3. The van der Waals surface area contributed by atoms with Gasteiger partial charge in [0, 0.05) is 51.0 Å². The van der Waals surface area contributed by atoms with Gasteiger partial charge in [-0.1, -0.05) is 24.3 Å². The summed E-state index contributed by atoms with van der Waals surface area (Å²) in [7, 11) is 1.83. The normalized spacial score (nSPS) is 18.0. The first-order valence-electron chi connectivity index (χ1n) is 8.86. The molecular weight excluding hydrogens is 328 g/mol. The lowest BCUT2D eigenvalue weighted by molar-refractivity contribution is 0.229. The van der Waals surface area contributed by atoms with Gasteiger partial charge in [0.25, 0.3) is 0 Å². The monoisotopic (exact) mass is 348 g/mol. The fourth-order valence-corrected chi connectivity index (χ4v) is 3.71. The summed E-state index contributed by atoms with van der Waals surface area (Å²) in [6.45, 7) is 3.22. The molecule has 2 aliphatic rings. The molecule has 0 radical (unpaired) electrons. The predicted octanol–water partition coefficient (Wildman–Crippen LogP) is 2.36. The van der Waals surface area contributed by atoms with Gasteiger partial charge in [-0.15, -0.1) is 0 Å². The van der Waals surface area contributed by atoms with Crippen LogP contribution in [-0.2, 0) is 0 Å². The molecule has 1 aromatic carbocycles. The first kappa shape index (κ1) is 15.2. The molecule has 2 saturated heterocycles. The van der Waals surface area contributed by atoms with Crippen molar-refractivity contribution in [3.8, 4) is 0 Å². The third kappa shape index (κ3) is 2.31. The number of hydrogen-bond donors (Lipinski definition) is 0. The smallest absolute Gasteiger partial charge is 0.324 e. The number of nitrogens with zero attached hydrogens (tertiary/aromatic N) is 6. The molecule has 0 N–H and O–H groups in total. The first-order chi connectivity index (χ1) is 12.7. The molecule has 0 unspecified atom stereocenters. The van der Waals surface area contributed by atoms with E-state index in [0.29, 0.717) is 6.04 Å². The van der Waals surface area contributed by atoms with Crippen molar-refractivity contribution in [3.63, 3.8) is 0 Å². The van der Waals surface area contributed by atoms with Crippen LogP contribution in [0.15, 0.2) is 48.9 Å². The number of urea groups is 1. The summed E-state index contributed by atoms with van der Waals surface area (Å²) in [6.07, 6.45) is 5.64. The van der Waals surface area contributed by atoms with Crippen LogP contribution in [0, 0.1) is 0 Å². The van der Waals surface area contributed by atoms with E-state index in [2.05, 4.69) is 33.2 Å². The maximum absolute atomic E-state index is 12.1. The van der Waals surface area contributed by atoms with Crippen molar-refractivity contribution in [1.29, 1.82) is 0 Å². The molecule has 5 rings (SSSR count). The highest BCUT2D eigenvalue weighted by molar-refractivity contribution is 5.94. The lowest BCUT2D eigenvalue weighted by Crippen LogP contribution is -2.48. The summed E-state index contributed by atoms with van der Waals surface area (Å²) in [5.41, 5.74) is 0.876. The van der Waals surface area contributed by atoms with Gasteiger partial charge in [0.05, 0.1) is 17.9 Å². The van der Waals surface area contributed by atoms with Gasteiger partial charge in [0.1, 0.15) is 5.82 Å². The number of likely N-dealkylation sites (N-methyl/N-ethyl adjacent to an activating group) is 1. The zero-order valence-corrected chi connectivity index (χ0v) is 14.6. The quantitative estimate of drug-likeness (QED) is 0.729. The number of amides is 2. The van der Waals surface area contributed by atoms with Crippen molar-refractivity contribution in [3.05, 3.63) is 48.9 Å². The van der Waals surface area contributed by atoms with Gasteiger partial charge in [-0.05, 0) is 11.5 Å². The Morgan fingerprint density at radius 3 is 2.77 bits per heavy atom. The third-order valence-electron chi connectivity index (χ3n) is 5.30. The van der Waals surface area contributed by atoms with Gasteiger partial charge in [0.2, 0.25) is 0 Å². The van der Waals surface area contributed by atoms with Crippen molar-refractivity contribution in [2.75, 3.05) is 43.0 Å². The summed E-state index contributed by atoms with van der Waals surface area (Å²) in [6, 6.07) is 10.7. The Labute approximate surface area is 151 Å². The molecule has 4 heterocycles. The number of hydrogen-bond acceptors (Lipinski definition) is 4. The van der Waals surface area contributed by atoms with Gasteiger partial charge in [-0.25, -0.2) is 9.78 Å². The molecule has 0 saturated carbocycles. The van der Waals surface area contributed by atoms with Crippen LogP contribution in [0.4, 0.5) is 16.3 Å². The molecule has 26 heavy (non-hydrogen) atoms. The molecule has 2 aromatic heterocycles. The molecule has 7 heteroatoms. The molecule has 2 aliphatic heterocycles. The predicted molar refractivity (Wildman–Crippen MR) is 101 cm³/mol. The average molecular weight is 348 g/mol. The van der Waals surface area contributed by atoms with E-state index in [0.717, 1.165) is 37.7 Å². The number of benzene rings is 1. The minimum absolute atomic E-state index is 0.0414. The molecule has 7 nitrogen and oxygen atoms in total. The highest BCUT2D eigenvalue weighted by Crippen LogP contribution is 2.32. The van der Waals surface area contributed by atoms with E-state index < -0.39 is 0 Å². The summed E-state index contributed by atoms with van der Waals surface area (Å²) < 4.78 is 1.97. The van der Waals surface area contributed by atoms with Gasteiger partial charge in [0.15, 0.2) is 0 Å². The van der Waals surface area contributed by atoms with Crippen LogP contribution in [0.25, 0.3) is 10.8 Å². The van der Waals surface area contributed by atoms with Crippen LogP contribution in [0.2, 0.25) is 0 Å². The van der Waals surface area contributed by atoms with Gasteiger partial charge in [-0.2, -0.15) is 5.10 Å². The third-order valence-corrected chi connectivity index (χ3v) is 5.30. The first-order valence-corrected chi connectivity index (χ1v) is 8.86. The van der Waals surface area contributed by atoms with Crippen molar-refractivity contribution >= 4 is 28.3 Å². The molecule has 3 aromatic rings. The van der Waals surface area contributed by atoms with E-state index in [1.807, 2.05) is 36.3 Å². The van der Waals surface area contributed by atoms with E-state index in [1.165, 1.54) is 10.8 Å². The van der Waals surface area contributed by atoms with Crippen LogP contribution < -0.4 is 9.80 Å². The van der Waals surface area contributed by atoms with Gasteiger partial charge < -0.3 is 9.80 Å². The van der Waals surface area contributed by atoms with Crippen molar-refractivity contribution in [2.24, 2.45) is 0 Å². The molecule has 0 aliphatic carbocycles. The maximum Gasteiger partial charge on any atom is 0.324 e. The Kier molecular flexibility index (Phi) is 3.34. The summed E-state index contributed by atoms with van der Waals surface area (Å²) in [5.74, 6) is 1.03. The van der Waals surface area contributed by atoms with E-state index in [1.54, 1.807) is 16.0 Å². The molecule has 0 spiro atoms. The lowest BCUT2D eigenvalue weighted by atomic mass is 10.1. The fraction of sp³-hybridized carbons (Fsp3) is 0.316. The molecular formula is C19H20N6O. The van der Waals surface area contributed by atoms with Crippen molar-refractivity contribution in [1.82, 2.24) is 19.7 Å². The van der Waals surface area contributed by atoms with Crippen LogP contribution in [0.3, 0.4) is 0 Å². The highest BCUT2D eigenvalue weighted by Gasteiger charge is 2.32. The number of anilines is 2. The molecule has 2 fully saturated rings. The largest absolute Gasteiger partial charge is 0.352 e. The standard InChI is InChI=1S/C19H20N6O/c1-22-8-9-24(19(22)26)15-10-21-25(13-15)16-11-23(12-16)18-17-5-3-2-4-14(17)6-7-20-18/h2-7,10,13,16H,8-9,11-12H2,1H3. The van der Waals surface area contributed by atoms with E-state index in [4.69, 9.17) is 0 Å². The minimum atomic E-state index is 0.0414. The number of aromatic nitrogens is 3. The Hall–Kier alpha value is -3.09. The van der Waals surface area contributed by atoms with Gasteiger partial charge in [-0.3, -0.25) is 9.58 Å². The van der Waals surface area contributed by atoms with Crippen LogP contribution >= 0.6 is 0 Å². The summed E-state index contributed by atoms with van der Waals surface area (Å²) >= 11 is 0. The summed E-state index contributed by atoms with van der Waals surface area (Å²) in [4.78, 5) is 22.5. The van der Waals surface area contributed by atoms with Crippen LogP contribution in [-0.4, -0.2) is 58.9 Å². The SMILES string of the molecule is CN1CCN(c2cnn(C3CN(c4nccc5ccccc45)C3)c2)C1=O. The zero-order chi connectivity index (χ0) is 17.7. The van der Waals surface area contributed by atoms with E-state index >= 15 is 0 Å². The highest BCUT2D eigenvalue weighted by atomic mass is 16.2. The van der Waals surface area contributed by atoms with Crippen LogP contribution in [0.1, 0.15) is 6.04 Å². The second-order valence-electron chi connectivity index (χ2n) is 6.95. The zero-order valence-electron chi connectivity index (χ0n) is 14.6. The van der Waals surface area contributed by atoms with Crippen LogP contribution in [0.5, 0.6) is 0 Å². The number of carbonyl (C=O) groups excluding carboxylic acids is 1. The van der Waals surface area contributed by atoms with E-state index in [9.17, 15) is 4.79 Å².